The van der Waals surface area contributed by atoms with Gasteiger partial charge in [0.05, 0.1) is 11.1 Å². The van der Waals surface area contributed by atoms with Gasteiger partial charge in [-0.15, -0.1) is 11.3 Å². The number of nitrogens with zero attached hydrogens (tertiary/aromatic N) is 2. The number of thiophene rings is 1. The number of benzene rings is 1. The van der Waals surface area contributed by atoms with E-state index in [9.17, 15) is 9.59 Å². The summed E-state index contributed by atoms with van der Waals surface area (Å²) in [7, 11) is 2.00. The van der Waals surface area contributed by atoms with Gasteiger partial charge in [-0.3, -0.25) is 9.78 Å². The zero-order valence-electron chi connectivity index (χ0n) is 14.8. The van der Waals surface area contributed by atoms with E-state index in [1.54, 1.807) is 11.3 Å². The Balaban J connectivity index is 1.81. The van der Waals surface area contributed by atoms with Crippen LogP contribution in [0.5, 0.6) is 0 Å². The first-order chi connectivity index (χ1) is 13.0. The van der Waals surface area contributed by atoms with Crippen molar-refractivity contribution in [3.05, 3.63) is 59.2 Å². The predicted octanol–water partition coefficient (Wildman–Crippen LogP) is 4.11. The molecule has 3 aromatic heterocycles. The molecule has 0 fully saturated rings. The zero-order chi connectivity index (χ0) is 18.7. The molecule has 1 aliphatic carbocycles. The first-order valence-corrected chi connectivity index (χ1v) is 11.0. The van der Waals surface area contributed by atoms with E-state index in [2.05, 4.69) is 32.1 Å². The van der Waals surface area contributed by atoms with E-state index in [0.717, 1.165) is 50.6 Å². The molecule has 0 radical (unpaired) electrons. The molecule has 0 atom stereocenters. The smallest absolute Gasteiger partial charge is 0.334 e. The molecule has 5 nitrogen and oxygen atoms in total. The fraction of sp³-hybridized carbons (Fsp3) is 0.300. The third kappa shape index (κ3) is 2.62. The van der Waals surface area contributed by atoms with Crippen LogP contribution in [0.15, 0.2) is 34.0 Å². The number of H-pyrrole nitrogens is 1. The van der Waals surface area contributed by atoms with Gasteiger partial charge in [0.1, 0.15) is 4.83 Å². The van der Waals surface area contributed by atoms with Crippen LogP contribution in [0.4, 0.5) is 0 Å². The molecule has 0 bridgehead atoms. The van der Waals surface area contributed by atoms with Crippen LogP contribution in [0.3, 0.4) is 0 Å². The number of halogens is 1. The third-order valence-electron chi connectivity index (χ3n) is 5.44. The minimum absolute atomic E-state index is 0.196. The summed E-state index contributed by atoms with van der Waals surface area (Å²) in [6.45, 7) is 0. The minimum atomic E-state index is -0.366. The summed E-state index contributed by atoms with van der Waals surface area (Å²) in [4.78, 5) is 31.1. The van der Waals surface area contributed by atoms with Gasteiger partial charge >= 0.3 is 5.69 Å². The molecule has 7 heteroatoms. The van der Waals surface area contributed by atoms with Crippen molar-refractivity contribution in [1.29, 1.82) is 0 Å². The number of aryl methyl sites for hydroxylation is 3. The Kier molecular flexibility index (Phi) is 4.05. The number of fused-ring (bicyclic) bond motifs is 4. The molecule has 138 valence electrons. The Labute approximate surface area is 172 Å². The molecule has 0 aliphatic heterocycles. The molecule has 27 heavy (non-hydrogen) atoms. The van der Waals surface area contributed by atoms with Crippen LogP contribution in [-0.4, -0.2) is 14.1 Å². The zero-order valence-corrected chi connectivity index (χ0v) is 17.8. The molecular weight excluding hydrogens is 473 g/mol. The van der Waals surface area contributed by atoms with Crippen molar-refractivity contribution in [1.82, 2.24) is 14.1 Å². The van der Waals surface area contributed by atoms with Gasteiger partial charge in [-0.05, 0) is 72.0 Å². The van der Waals surface area contributed by atoms with Crippen molar-refractivity contribution >= 4 is 55.0 Å². The molecule has 1 aromatic carbocycles. The van der Waals surface area contributed by atoms with E-state index in [0.29, 0.717) is 11.1 Å². The highest BCUT2D eigenvalue weighted by Crippen LogP contribution is 2.32. The van der Waals surface area contributed by atoms with Crippen LogP contribution in [0.25, 0.3) is 26.8 Å². The van der Waals surface area contributed by atoms with Crippen LogP contribution in [0.1, 0.15) is 29.7 Å². The lowest BCUT2D eigenvalue weighted by atomic mass is 10.1. The van der Waals surface area contributed by atoms with Gasteiger partial charge in [0, 0.05) is 32.6 Å². The minimum Gasteiger partial charge on any atom is -0.349 e. The van der Waals surface area contributed by atoms with E-state index >= 15 is 0 Å². The summed E-state index contributed by atoms with van der Waals surface area (Å²) < 4.78 is 4.44. The standard InChI is InChI=1S/C20H18IN3O2S/c1-23-10-14(21)13-9-11(7-8-15(13)23)24-19(25)17-12-5-3-2-4-6-16(12)27-18(17)22-20(24)26/h7-10H,2-6H2,1H3,(H,22,26). The van der Waals surface area contributed by atoms with E-state index in [1.165, 1.54) is 15.9 Å². The van der Waals surface area contributed by atoms with E-state index < -0.39 is 0 Å². The summed E-state index contributed by atoms with van der Waals surface area (Å²) in [6.07, 6.45) is 7.43. The summed E-state index contributed by atoms with van der Waals surface area (Å²) in [6, 6.07) is 5.76. The van der Waals surface area contributed by atoms with Crippen molar-refractivity contribution < 1.29 is 0 Å². The van der Waals surface area contributed by atoms with Crippen LogP contribution < -0.4 is 11.2 Å². The van der Waals surface area contributed by atoms with E-state index in [4.69, 9.17) is 0 Å². The average Bonchev–Trinajstić information content (AvgIpc) is 3.01. The summed E-state index contributed by atoms with van der Waals surface area (Å²) in [5.41, 5.74) is 2.29. The maximum atomic E-state index is 13.4. The lowest BCUT2D eigenvalue weighted by Gasteiger charge is -2.07. The molecule has 0 saturated carbocycles. The molecule has 4 aromatic rings. The second kappa shape index (κ2) is 6.34. The van der Waals surface area contributed by atoms with Crippen LogP contribution in [0, 0.1) is 3.57 Å². The molecular formula is C20H18IN3O2S. The second-order valence-electron chi connectivity index (χ2n) is 7.13. The van der Waals surface area contributed by atoms with Gasteiger partial charge in [0.25, 0.3) is 5.56 Å². The lowest BCUT2D eigenvalue weighted by molar-refractivity contribution is 0.713. The SMILES string of the molecule is Cn1cc(I)c2cc(-n3c(=O)[nH]c4sc5c(c4c3=O)CCCCC5)ccc21. The van der Waals surface area contributed by atoms with Gasteiger partial charge in [-0.2, -0.15) is 0 Å². The summed E-state index contributed by atoms with van der Waals surface area (Å²) in [5.74, 6) is 0. The first-order valence-electron chi connectivity index (χ1n) is 9.09. The number of rotatable bonds is 1. The van der Waals surface area contributed by atoms with Crippen molar-refractivity contribution in [3.63, 3.8) is 0 Å². The van der Waals surface area contributed by atoms with Gasteiger partial charge in [0.15, 0.2) is 0 Å². The molecule has 0 spiro atoms. The monoisotopic (exact) mass is 491 g/mol. The maximum Gasteiger partial charge on any atom is 0.334 e. The fourth-order valence-electron chi connectivity index (χ4n) is 4.12. The molecule has 0 saturated heterocycles. The second-order valence-corrected chi connectivity index (χ2v) is 9.40. The molecule has 0 amide bonds. The Morgan fingerprint density at radius 2 is 1.96 bits per heavy atom. The van der Waals surface area contributed by atoms with Crippen LogP contribution >= 0.6 is 33.9 Å². The number of nitrogens with one attached hydrogen (secondary N) is 1. The van der Waals surface area contributed by atoms with E-state index in [1.807, 2.05) is 31.4 Å². The molecule has 5 rings (SSSR count). The topological polar surface area (TPSA) is 59.8 Å². The lowest BCUT2D eigenvalue weighted by Crippen LogP contribution is -2.33. The maximum absolute atomic E-state index is 13.4. The number of aromatic amines is 1. The Morgan fingerprint density at radius 3 is 2.81 bits per heavy atom. The third-order valence-corrected chi connectivity index (χ3v) is 7.51. The van der Waals surface area contributed by atoms with Gasteiger partial charge in [-0.25, -0.2) is 9.36 Å². The Bertz CT molecular complexity index is 1330. The van der Waals surface area contributed by atoms with Crippen molar-refractivity contribution in [3.8, 4) is 5.69 Å². The van der Waals surface area contributed by atoms with E-state index in [-0.39, 0.29) is 11.2 Å². The molecule has 0 unspecified atom stereocenters. The number of hydrogen-bond donors (Lipinski definition) is 1. The average molecular weight is 491 g/mol. The quantitative estimate of drug-likeness (QED) is 0.322. The highest BCUT2D eigenvalue weighted by molar-refractivity contribution is 14.1. The normalized spacial score (nSPS) is 14.6. The molecule has 3 heterocycles. The van der Waals surface area contributed by atoms with Crippen molar-refractivity contribution in [2.75, 3.05) is 0 Å². The largest absolute Gasteiger partial charge is 0.349 e. The van der Waals surface area contributed by atoms with Gasteiger partial charge in [0.2, 0.25) is 0 Å². The highest BCUT2D eigenvalue weighted by atomic mass is 127. The number of aromatic nitrogens is 3. The Morgan fingerprint density at radius 1 is 1.15 bits per heavy atom. The summed E-state index contributed by atoms with van der Waals surface area (Å²) >= 11 is 3.87. The van der Waals surface area contributed by atoms with Crippen LogP contribution in [0.2, 0.25) is 0 Å². The Hall–Kier alpha value is -1.87. The van der Waals surface area contributed by atoms with Crippen molar-refractivity contribution in [2.24, 2.45) is 7.05 Å². The molecule has 1 N–H and O–H groups in total. The fourth-order valence-corrected chi connectivity index (χ4v) is 6.24. The van der Waals surface area contributed by atoms with Crippen molar-refractivity contribution in [2.45, 2.75) is 32.1 Å². The van der Waals surface area contributed by atoms with Crippen LogP contribution in [-0.2, 0) is 19.9 Å². The number of hydrogen-bond acceptors (Lipinski definition) is 3. The van der Waals surface area contributed by atoms with Gasteiger partial charge in [-0.1, -0.05) is 6.42 Å². The summed E-state index contributed by atoms with van der Waals surface area (Å²) in [5, 5.41) is 1.76. The highest BCUT2D eigenvalue weighted by Gasteiger charge is 2.21. The first kappa shape index (κ1) is 17.2. The molecule has 1 aliphatic rings. The predicted molar refractivity (Wildman–Crippen MR) is 118 cm³/mol. The van der Waals surface area contributed by atoms with Gasteiger partial charge < -0.3 is 4.57 Å².